The number of alkyl halides is 3. The number of anilines is 1. The van der Waals surface area contributed by atoms with Crippen LogP contribution in [0.1, 0.15) is 43.7 Å². The SMILES string of the molecule is CC(C)c1ccccc1N1C(=O)CSC1NC(=O)NCCCCc1ccc(-c2ncn(-c3ccc(OC(F)(F)F)cc3)n2)cc1. The number of para-hydroxylation sites is 1. The number of urea groups is 1. The van der Waals surface area contributed by atoms with Crippen LogP contribution in [0.25, 0.3) is 17.1 Å². The summed E-state index contributed by atoms with van der Waals surface area (Å²) in [7, 11) is 0. The predicted molar refractivity (Wildman–Crippen MR) is 167 cm³/mol. The number of ether oxygens (including phenoxy) is 1. The minimum atomic E-state index is -4.75. The second-order valence-electron chi connectivity index (χ2n) is 10.7. The molecule has 13 heteroatoms. The molecule has 1 fully saturated rings. The van der Waals surface area contributed by atoms with Crippen LogP contribution in [0.2, 0.25) is 0 Å². The van der Waals surface area contributed by atoms with E-state index in [1.165, 1.54) is 47.0 Å². The minimum absolute atomic E-state index is 0.0262. The highest BCUT2D eigenvalue weighted by atomic mass is 32.2. The Morgan fingerprint density at radius 2 is 1.78 bits per heavy atom. The van der Waals surface area contributed by atoms with Crippen LogP contribution in [0.4, 0.5) is 23.7 Å². The van der Waals surface area contributed by atoms with Gasteiger partial charge in [0.1, 0.15) is 12.1 Å². The molecule has 9 nitrogen and oxygen atoms in total. The van der Waals surface area contributed by atoms with Crippen molar-refractivity contribution in [2.45, 2.75) is 50.9 Å². The van der Waals surface area contributed by atoms with Gasteiger partial charge in [0.25, 0.3) is 0 Å². The van der Waals surface area contributed by atoms with E-state index in [0.717, 1.165) is 41.6 Å². The van der Waals surface area contributed by atoms with Gasteiger partial charge in [0.2, 0.25) is 5.91 Å². The van der Waals surface area contributed by atoms with Crippen LogP contribution in [0.15, 0.2) is 79.1 Å². The van der Waals surface area contributed by atoms with Crippen molar-refractivity contribution < 1.29 is 27.5 Å². The van der Waals surface area contributed by atoms with Crippen LogP contribution in [0, 0.1) is 0 Å². The zero-order valence-corrected chi connectivity index (χ0v) is 25.6. The Kier molecular flexibility index (Phi) is 9.96. The molecule has 0 aliphatic carbocycles. The lowest BCUT2D eigenvalue weighted by Gasteiger charge is -2.27. The smallest absolute Gasteiger partial charge is 0.406 e. The molecule has 0 spiro atoms. The standard InChI is InChI=1S/C32H33F3N6O3S/c1-21(2)26-8-3-4-9-27(26)41-28(42)19-45-31(41)38-30(43)36-18-6-5-7-22-10-12-23(13-11-22)29-37-20-40(39-29)24-14-16-25(17-15-24)44-32(33,34)35/h3-4,8-17,20-21,31H,5-7,18-19H2,1-2H3,(H2,36,38,43). The Morgan fingerprint density at radius 3 is 2.49 bits per heavy atom. The maximum absolute atomic E-state index is 12.7. The highest BCUT2D eigenvalue weighted by molar-refractivity contribution is 8.01. The molecule has 1 unspecified atom stereocenters. The first kappa shape index (κ1) is 31.9. The van der Waals surface area contributed by atoms with E-state index >= 15 is 0 Å². The van der Waals surface area contributed by atoms with Crippen LogP contribution in [0.5, 0.6) is 5.75 Å². The molecule has 3 aromatic carbocycles. The molecular weight excluding hydrogens is 605 g/mol. The topological polar surface area (TPSA) is 101 Å². The summed E-state index contributed by atoms with van der Waals surface area (Å²) in [4.78, 5) is 31.3. The van der Waals surface area contributed by atoms with E-state index in [1.54, 1.807) is 4.90 Å². The average Bonchev–Trinajstić information content (AvgIpc) is 3.64. The maximum Gasteiger partial charge on any atom is 0.573 e. The lowest BCUT2D eigenvalue weighted by atomic mass is 10.0. The first-order valence-corrected chi connectivity index (χ1v) is 15.6. The molecule has 2 heterocycles. The molecule has 1 aromatic heterocycles. The van der Waals surface area contributed by atoms with Crippen molar-refractivity contribution in [2.24, 2.45) is 0 Å². The normalized spacial score (nSPS) is 15.0. The number of nitrogens with zero attached hydrogens (tertiary/aromatic N) is 4. The van der Waals surface area contributed by atoms with E-state index in [0.29, 0.717) is 23.8 Å². The number of nitrogens with one attached hydrogen (secondary N) is 2. The number of hydrogen-bond acceptors (Lipinski definition) is 6. The van der Waals surface area contributed by atoms with E-state index in [1.807, 2.05) is 48.5 Å². The molecule has 3 amide bonds. The van der Waals surface area contributed by atoms with Crippen molar-refractivity contribution in [2.75, 3.05) is 17.2 Å². The number of aromatic nitrogens is 3. The van der Waals surface area contributed by atoms with Crippen LogP contribution in [-0.2, 0) is 11.2 Å². The zero-order valence-electron chi connectivity index (χ0n) is 24.8. The molecule has 4 aromatic rings. The Balaban J connectivity index is 1.06. The molecule has 1 saturated heterocycles. The maximum atomic E-state index is 12.7. The number of rotatable bonds is 11. The third kappa shape index (κ3) is 8.35. The van der Waals surface area contributed by atoms with Gasteiger partial charge in [0, 0.05) is 12.1 Å². The Bertz CT molecular complexity index is 1610. The van der Waals surface area contributed by atoms with E-state index in [9.17, 15) is 22.8 Å². The first-order valence-electron chi connectivity index (χ1n) is 14.5. The minimum Gasteiger partial charge on any atom is -0.406 e. The van der Waals surface area contributed by atoms with Gasteiger partial charge in [-0.05, 0) is 66.6 Å². The van der Waals surface area contributed by atoms with E-state index in [4.69, 9.17) is 0 Å². The van der Waals surface area contributed by atoms with Gasteiger partial charge in [-0.25, -0.2) is 14.5 Å². The van der Waals surface area contributed by atoms with Crippen molar-refractivity contribution >= 4 is 29.4 Å². The highest BCUT2D eigenvalue weighted by Gasteiger charge is 2.35. The summed E-state index contributed by atoms with van der Waals surface area (Å²) in [5, 5.41) is 10.3. The second kappa shape index (κ2) is 14.1. The van der Waals surface area contributed by atoms with Gasteiger partial charge in [0.05, 0.1) is 17.1 Å². The Labute approximate surface area is 263 Å². The van der Waals surface area contributed by atoms with Crippen molar-refractivity contribution in [1.82, 2.24) is 25.4 Å². The molecule has 1 atom stereocenters. The van der Waals surface area contributed by atoms with Gasteiger partial charge >= 0.3 is 12.4 Å². The zero-order chi connectivity index (χ0) is 32.0. The number of thioether (sulfide) groups is 1. The fourth-order valence-corrected chi connectivity index (χ4v) is 5.96. The number of carbonyl (C=O) groups is 2. The summed E-state index contributed by atoms with van der Waals surface area (Å²) in [6.45, 7) is 4.66. The Morgan fingerprint density at radius 1 is 1.04 bits per heavy atom. The van der Waals surface area contributed by atoms with Crippen LogP contribution >= 0.6 is 11.8 Å². The number of unbranched alkanes of at least 4 members (excludes halogenated alkanes) is 1. The summed E-state index contributed by atoms with van der Waals surface area (Å²) < 4.78 is 42.6. The summed E-state index contributed by atoms with van der Waals surface area (Å²) in [6, 6.07) is 20.7. The number of halogens is 3. The third-order valence-corrected chi connectivity index (χ3v) is 8.22. The molecule has 236 valence electrons. The number of hydrogen-bond donors (Lipinski definition) is 2. The summed E-state index contributed by atoms with van der Waals surface area (Å²) in [6.07, 6.45) is -0.777. The number of aryl methyl sites for hydroxylation is 1. The summed E-state index contributed by atoms with van der Waals surface area (Å²) >= 11 is 1.40. The molecule has 0 radical (unpaired) electrons. The highest BCUT2D eigenvalue weighted by Crippen LogP contribution is 2.34. The summed E-state index contributed by atoms with van der Waals surface area (Å²) in [5.74, 6) is 0.705. The predicted octanol–water partition coefficient (Wildman–Crippen LogP) is 6.64. The van der Waals surface area contributed by atoms with Gasteiger partial charge in [-0.1, -0.05) is 56.3 Å². The molecule has 1 aliphatic heterocycles. The number of benzene rings is 3. The molecule has 1 aliphatic rings. The Hall–Kier alpha value is -4.52. The fourth-order valence-electron chi connectivity index (χ4n) is 4.95. The van der Waals surface area contributed by atoms with Crippen molar-refractivity contribution in [3.05, 3.63) is 90.3 Å². The van der Waals surface area contributed by atoms with Crippen LogP contribution in [-0.4, -0.2) is 50.9 Å². The average molecular weight is 639 g/mol. The number of amides is 3. The molecular formula is C32H33F3N6O3S. The van der Waals surface area contributed by atoms with Crippen LogP contribution in [0.3, 0.4) is 0 Å². The molecule has 0 saturated carbocycles. The molecule has 45 heavy (non-hydrogen) atoms. The van der Waals surface area contributed by atoms with Crippen LogP contribution < -0.4 is 20.3 Å². The molecule has 0 bridgehead atoms. The quantitative estimate of drug-likeness (QED) is 0.179. The largest absolute Gasteiger partial charge is 0.573 e. The van der Waals surface area contributed by atoms with E-state index in [-0.39, 0.29) is 23.6 Å². The fraction of sp³-hybridized carbons (Fsp3) is 0.312. The molecule has 5 rings (SSSR count). The van der Waals surface area contributed by atoms with Gasteiger partial charge in [-0.15, -0.1) is 30.0 Å². The molecule has 2 N–H and O–H groups in total. The summed E-state index contributed by atoms with van der Waals surface area (Å²) in [5.41, 5.74) is 3.91. The van der Waals surface area contributed by atoms with Gasteiger partial charge in [-0.3, -0.25) is 9.69 Å². The van der Waals surface area contributed by atoms with Gasteiger partial charge < -0.3 is 15.4 Å². The third-order valence-electron chi connectivity index (χ3n) is 7.16. The lowest BCUT2D eigenvalue weighted by molar-refractivity contribution is -0.274. The second-order valence-corrected chi connectivity index (χ2v) is 11.8. The first-order chi connectivity index (χ1) is 21.6. The van der Waals surface area contributed by atoms with E-state index in [2.05, 4.69) is 39.3 Å². The van der Waals surface area contributed by atoms with Crippen molar-refractivity contribution in [3.8, 4) is 22.8 Å². The van der Waals surface area contributed by atoms with Gasteiger partial charge in [-0.2, -0.15) is 0 Å². The van der Waals surface area contributed by atoms with E-state index < -0.39 is 11.9 Å². The van der Waals surface area contributed by atoms with Crippen molar-refractivity contribution in [1.29, 1.82) is 0 Å². The van der Waals surface area contributed by atoms with Crippen molar-refractivity contribution in [3.63, 3.8) is 0 Å². The van der Waals surface area contributed by atoms with Gasteiger partial charge in [0.15, 0.2) is 11.3 Å². The monoisotopic (exact) mass is 638 g/mol. The lowest BCUT2D eigenvalue weighted by Crippen LogP contribution is -2.49. The number of carbonyl (C=O) groups excluding carboxylic acids is 2.